The maximum atomic E-state index is 13.0. The number of piperidine rings is 1. The number of hydrogen-bond acceptors (Lipinski definition) is 9. The Morgan fingerprint density at radius 3 is 2.68 bits per heavy atom. The molecule has 2 aliphatic heterocycles. The number of imidazole rings is 1. The van der Waals surface area contributed by atoms with Gasteiger partial charge in [-0.1, -0.05) is 30.3 Å². The van der Waals surface area contributed by atoms with Crippen molar-refractivity contribution < 1.29 is 14.6 Å². The molecule has 0 amide bonds. The van der Waals surface area contributed by atoms with Crippen LogP contribution in [0.3, 0.4) is 0 Å². The fourth-order valence-corrected chi connectivity index (χ4v) is 5.28. The van der Waals surface area contributed by atoms with Crippen molar-refractivity contribution in [3.8, 4) is 0 Å². The molecule has 0 spiro atoms. The van der Waals surface area contributed by atoms with Crippen molar-refractivity contribution in [1.29, 1.82) is 0 Å². The summed E-state index contributed by atoms with van der Waals surface area (Å²) in [5, 5.41) is 10.6. The van der Waals surface area contributed by atoms with Gasteiger partial charge in [0.05, 0.1) is 19.8 Å². The Bertz CT molecular complexity index is 1150. The molecule has 10 heteroatoms. The summed E-state index contributed by atoms with van der Waals surface area (Å²) in [4.78, 5) is 31.4. The van der Waals surface area contributed by atoms with Gasteiger partial charge in [-0.05, 0) is 18.4 Å². The summed E-state index contributed by atoms with van der Waals surface area (Å²) in [7, 11) is 1.39. The molecule has 34 heavy (non-hydrogen) atoms. The first-order valence-corrected chi connectivity index (χ1v) is 12.5. The van der Waals surface area contributed by atoms with Gasteiger partial charge in [0.2, 0.25) is 5.95 Å². The number of methoxy groups -OCH3 is 1. The summed E-state index contributed by atoms with van der Waals surface area (Å²) in [6.07, 6.45) is 4.73. The molecule has 0 atom stereocenters. The lowest BCUT2D eigenvalue weighted by Gasteiger charge is -2.33. The van der Waals surface area contributed by atoms with Gasteiger partial charge in [0.25, 0.3) is 0 Å². The molecule has 178 valence electrons. The summed E-state index contributed by atoms with van der Waals surface area (Å²) in [5.41, 5.74) is 1.54. The molecular weight excluding hydrogens is 452 g/mol. The van der Waals surface area contributed by atoms with Crippen molar-refractivity contribution in [1.82, 2.24) is 19.5 Å². The average Bonchev–Trinajstić information content (AvgIpc) is 3.35. The first-order chi connectivity index (χ1) is 16.6. The van der Waals surface area contributed by atoms with Crippen LogP contribution in [0.15, 0.2) is 47.8 Å². The number of ether oxygens (including phenoxy) is 1. The van der Waals surface area contributed by atoms with Gasteiger partial charge in [-0.2, -0.15) is 4.98 Å². The molecule has 0 saturated carbocycles. The highest BCUT2D eigenvalue weighted by molar-refractivity contribution is 7.98. The maximum Gasteiger partial charge on any atom is 0.344 e. The number of anilines is 2. The largest absolute Gasteiger partial charge is 0.465 e. The van der Waals surface area contributed by atoms with Crippen molar-refractivity contribution in [2.75, 3.05) is 36.5 Å². The fraction of sp³-hybridized carbons (Fsp3) is 0.417. The molecule has 1 N–H and O–H groups in total. The van der Waals surface area contributed by atoms with E-state index in [1.165, 1.54) is 18.9 Å². The van der Waals surface area contributed by atoms with E-state index in [1.807, 2.05) is 30.6 Å². The second-order valence-corrected chi connectivity index (χ2v) is 9.43. The van der Waals surface area contributed by atoms with Crippen molar-refractivity contribution in [3.63, 3.8) is 0 Å². The second kappa shape index (κ2) is 10.0. The van der Waals surface area contributed by atoms with Crippen molar-refractivity contribution in [2.24, 2.45) is 0 Å². The van der Waals surface area contributed by atoms with Crippen molar-refractivity contribution in [2.45, 2.75) is 42.8 Å². The highest BCUT2D eigenvalue weighted by atomic mass is 32.2. The molecule has 3 aromatic rings. The zero-order valence-electron chi connectivity index (χ0n) is 19.1. The number of rotatable bonds is 6. The van der Waals surface area contributed by atoms with E-state index in [4.69, 9.17) is 14.7 Å². The van der Waals surface area contributed by atoms with E-state index in [1.54, 1.807) is 0 Å². The number of fused-ring (bicyclic) bond motifs is 1. The molecular formula is C24H28N6O3S. The molecule has 0 aliphatic carbocycles. The van der Waals surface area contributed by atoms with E-state index in [9.17, 15) is 9.90 Å². The molecule has 5 rings (SSSR count). The number of thioether (sulfide) groups is 1. The van der Waals surface area contributed by atoms with Crippen LogP contribution in [0.2, 0.25) is 0 Å². The summed E-state index contributed by atoms with van der Waals surface area (Å²) in [6, 6.07) is 10.1. The molecule has 1 aromatic carbocycles. The smallest absolute Gasteiger partial charge is 0.344 e. The van der Waals surface area contributed by atoms with E-state index in [0.717, 1.165) is 24.5 Å². The molecule has 0 unspecified atom stereocenters. The average molecular weight is 481 g/mol. The Balaban J connectivity index is 1.54. The zero-order valence-corrected chi connectivity index (χ0v) is 19.9. The summed E-state index contributed by atoms with van der Waals surface area (Å²) < 4.78 is 7.30. The third kappa shape index (κ3) is 4.74. The minimum Gasteiger partial charge on any atom is -0.465 e. The van der Waals surface area contributed by atoms with Gasteiger partial charge in [-0.25, -0.2) is 14.8 Å². The van der Waals surface area contributed by atoms with E-state index < -0.39 is 5.97 Å². The highest BCUT2D eigenvalue weighted by Crippen LogP contribution is 2.34. The normalized spacial score (nSPS) is 16.4. The van der Waals surface area contributed by atoms with Gasteiger partial charge in [-0.15, -0.1) is 11.8 Å². The van der Waals surface area contributed by atoms with E-state index >= 15 is 0 Å². The van der Waals surface area contributed by atoms with Gasteiger partial charge in [0, 0.05) is 44.3 Å². The van der Waals surface area contributed by atoms with E-state index in [-0.39, 0.29) is 6.10 Å². The van der Waals surface area contributed by atoms with E-state index in [2.05, 4.69) is 31.5 Å². The van der Waals surface area contributed by atoms with Crippen LogP contribution >= 0.6 is 11.8 Å². The Kier molecular flexibility index (Phi) is 6.68. The van der Waals surface area contributed by atoms with Gasteiger partial charge >= 0.3 is 5.97 Å². The van der Waals surface area contributed by atoms with Crippen LogP contribution in [-0.2, 0) is 23.6 Å². The third-order valence-corrected chi connectivity index (χ3v) is 7.29. The van der Waals surface area contributed by atoms with Crippen molar-refractivity contribution >= 4 is 29.5 Å². The number of hydrogen-bond donors (Lipinski definition) is 1. The number of aliphatic hydroxyl groups is 1. The molecule has 4 heterocycles. The summed E-state index contributed by atoms with van der Waals surface area (Å²) >= 11 is 1.51. The van der Waals surface area contributed by atoms with Crippen LogP contribution in [0, 0.1) is 0 Å². The zero-order chi connectivity index (χ0) is 23.5. The lowest BCUT2D eigenvalue weighted by molar-refractivity contribution is 0.0596. The Hall–Kier alpha value is -3.11. The fourth-order valence-electron chi connectivity index (χ4n) is 4.32. The lowest BCUT2D eigenvalue weighted by Crippen LogP contribution is -2.39. The lowest BCUT2D eigenvalue weighted by atomic mass is 10.1. The highest BCUT2D eigenvalue weighted by Gasteiger charge is 2.30. The molecule has 2 aliphatic rings. The molecule has 0 radical (unpaired) electrons. The van der Waals surface area contributed by atoms with Crippen LogP contribution in [0.4, 0.5) is 11.8 Å². The number of benzene rings is 1. The third-order valence-electron chi connectivity index (χ3n) is 6.24. The maximum absolute atomic E-state index is 13.0. The molecule has 2 aromatic heterocycles. The first-order valence-electron chi connectivity index (χ1n) is 11.5. The Labute approximate surface area is 202 Å². The Morgan fingerprint density at radius 2 is 1.91 bits per heavy atom. The monoisotopic (exact) mass is 480 g/mol. The molecule has 1 fully saturated rings. The second-order valence-electron chi connectivity index (χ2n) is 8.47. The van der Waals surface area contributed by atoms with Crippen LogP contribution in [-0.4, -0.2) is 63.4 Å². The van der Waals surface area contributed by atoms with Crippen molar-refractivity contribution in [3.05, 3.63) is 59.7 Å². The van der Waals surface area contributed by atoms with Gasteiger partial charge in [0.1, 0.15) is 22.2 Å². The number of aliphatic hydroxyl groups excluding tert-OH is 1. The number of carbonyl (C=O) groups excluding carboxylic acids is 1. The molecule has 1 saturated heterocycles. The molecule has 9 nitrogen and oxygen atoms in total. The number of nitrogens with zero attached hydrogens (tertiary/aromatic N) is 6. The predicted octanol–water partition coefficient (Wildman–Crippen LogP) is 2.73. The summed E-state index contributed by atoms with van der Waals surface area (Å²) in [6.45, 7) is 3.40. The number of carbonyl (C=O) groups is 1. The van der Waals surface area contributed by atoms with Gasteiger partial charge in [-0.3, -0.25) is 0 Å². The number of esters is 1. The van der Waals surface area contributed by atoms with Crippen LogP contribution < -0.4 is 9.80 Å². The number of aromatic nitrogens is 4. The predicted molar refractivity (Wildman–Crippen MR) is 130 cm³/mol. The topological polar surface area (TPSA) is 96.6 Å². The van der Waals surface area contributed by atoms with E-state index in [0.29, 0.717) is 60.6 Å². The Morgan fingerprint density at radius 1 is 1.12 bits per heavy atom. The minimum atomic E-state index is -0.447. The van der Waals surface area contributed by atoms with Crippen LogP contribution in [0.25, 0.3) is 0 Å². The van der Waals surface area contributed by atoms with Crippen LogP contribution in [0.5, 0.6) is 0 Å². The SMILES string of the molecule is COC(=O)c1c(SCc2ccccc2)nc(N2CCn3ccnc3C2)nc1N1CCC(O)CC1. The summed E-state index contributed by atoms with van der Waals surface area (Å²) in [5.74, 6) is 2.35. The van der Waals surface area contributed by atoms with Crippen LogP contribution in [0.1, 0.15) is 34.6 Å². The minimum absolute atomic E-state index is 0.327. The van der Waals surface area contributed by atoms with Gasteiger partial charge < -0.3 is 24.2 Å². The molecule has 0 bridgehead atoms. The first kappa shape index (κ1) is 22.7. The van der Waals surface area contributed by atoms with Gasteiger partial charge in [0.15, 0.2) is 0 Å². The quantitative estimate of drug-likeness (QED) is 0.324. The standard InChI is InChI=1S/C24H28N6O3S/c1-33-23(32)20-21(29-10-7-18(31)8-11-29)26-24(30-14-13-28-12-9-25-19(28)15-30)27-22(20)34-16-17-5-3-2-4-6-17/h2-6,9,12,18,31H,7-8,10-11,13-16H2,1H3.